The normalized spacial score (nSPS) is 14.7. The van der Waals surface area contributed by atoms with Crippen LogP contribution in [0.25, 0.3) is 0 Å². The molecule has 30 heavy (non-hydrogen) atoms. The number of carbonyl (C=O) groups excluding carboxylic acids is 2. The molecule has 1 amide bonds. The van der Waals surface area contributed by atoms with E-state index in [2.05, 4.69) is 26.1 Å². The highest BCUT2D eigenvalue weighted by molar-refractivity contribution is 9.10. The molecule has 0 bridgehead atoms. The Labute approximate surface area is 182 Å². The fourth-order valence-electron chi connectivity index (χ4n) is 2.99. The van der Waals surface area contributed by atoms with Crippen LogP contribution in [0.3, 0.4) is 0 Å². The minimum Gasteiger partial charge on any atom is -0.480 e. The number of hydrogen-bond acceptors (Lipinski definition) is 6. The molecule has 1 N–H and O–H groups in total. The maximum absolute atomic E-state index is 13.2. The molecule has 1 aliphatic rings. The Morgan fingerprint density at radius 2 is 1.93 bits per heavy atom. The average Bonchev–Trinajstić information content (AvgIpc) is 2.75. The van der Waals surface area contributed by atoms with E-state index in [0.717, 1.165) is 5.69 Å². The Balaban J connectivity index is 1.76. The van der Waals surface area contributed by atoms with E-state index in [1.165, 1.54) is 25.3 Å². The smallest absolute Gasteiger partial charge is 0.340 e. The first kappa shape index (κ1) is 22.0. The molecular formula is C21H22BrFN2O5. The number of carbonyl (C=O) groups is 2. The highest BCUT2D eigenvalue weighted by atomic mass is 79.9. The van der Waals surface area contributed by atoms with Gasteiger partial charge >= 0.3 is 5.97 Å². The Bertz CT molecular complexity index is 934. The second kappa shape index (κ2) is 9.90. The zero-order valence-electron chi connectivity index (χ0n) is 16.6. The molecule has 0 saturated carbocycles. The van der Waals surface area contributed by atoms with Gasteiger partial charge in [0.2, 0.25) is 0 Å². The number of esters is 1. The zero-order chi connectivity index (χ0) is 21.7. The third-order valence-corrected chi connectivity index (χ3v) is 5.23. The number of ether oxygens (including phenoxy) is 3. The van der Waals surface area contributed by atoms with Gasteiger partial charge in [-0.25, -0.2) is 9.18 Å². The highest BCUT2D eigenvalue weighted by Gasteiger charge is 2.22. The minimum atomic E-state index is -0.892. The molecule has 1 atom stereocenters. The molecule has 2 aromatic rings. The standard InChI is InChI=1S/C21H22BrFN2O5/c1-13(30-19-6-3-14(23)11-17(19)22)20(26)24-18-5-4-15(12-16(18)21(27)28-2)25-7-9-29-10-8-25/h3-6,11-13H,7-10H2,1-2H3,(H,24,26). The third-order valence-electron chi connectivity index (χ3n) is 4.61. The Hall–Kier alpha value is -2.65. The van der Waals surface area contributed by atoms with Crippen molar-refractivity contribution < 1.29 is 28.2 Å². The van der Waals surface area contributed by atoms with Crippen LogP contribution in [-0.4, -0.2) is 51.4 Å². The van der Waals surface area contributed by atoms with Gasteiger partial charge in [0.1, 0.15) is 11.6 Å². The maximum Gasteiger partial charge on any atom is 0.340 e. The number of nitrogens with zero attached hydrogens (tertiary/aromatic N) is 1. The topological polar surface area (TPSA) is 77.1 Å². The number of amides is 1. The highest BCUT2D eigenvalue weighted by Crippen LogP contribution is 2.28. The summed E-state index contributed by atoms with van der Waals surface area (Å²) in [5, 5.41) is 2.71. The molecule has 2 aromatic carbocycles. The second-order valence-corrected chi connectivity index (χ2v) is 7.50. The van der Waals surface area contributed by atoms with Gasteiger partial charge in [-0.05, 0) is 59.3 Å². The Kier molecular flexibility index (Phi) is 7.28. The van der Waals surface area contributed by atoms with Gasteiger partial charge < -0.3 is 24.4 Å². The van der Waals surface area contributed by atoms with Crippen molar-refractivity contribution in [3.05, 3.63) is 52.3 Å². The number of halogens is 2. The summed E-state index contributed by atoms with van der Waals surface area (Å²) in [7, 11) is 1.28. The van der Waals surface area contributed by atoms with Gasteiger partial charge in [-0.1, -0.05) is 0 Å². The van der Waals surface area contributed by atoms with E-state index < -0.39 is 23.8 Å². The van der Waals surface area contributed by atoms with Crippen LogP contribution < -0.4 is 15.0 Å². The van der Waals surface area contributed by atoms with Crippen molar-refractivity contribution in [1.29, 1.82) is 0 Å². The Morgan fingerprint density at radius 3 is 2.60 bits per heavy atom. The SMILES string of the molecule is COC(=O)c1cc(N2CCOCC2)ccc1NC(=O)C(C)Oc1ccc(F)cc1Br. The number of nitrogens with one attached hydrogen (secondary N) is 1. The third kappa shape index (κ3) is 5.28. The van der Waals surface area contributed by atoms with Crippen LogP contribution in [0.1, 0.15) is 17.3 Å². The number of anilines is 2. The van der Waals surface area contributed by atoms with Crippen LogP contribution >= 0.6 is 15.9 Å². The van der Waals surface area contributed by atoms with Gasteiger partial charge in [-0.3, -0.25) is 4.79 Å². The lowest BCUT2D eigenvalue weighted by atomic mass is 10.1. The molecule has 9 heteroatoms. The molecule has 0 radical (unpaired) electrons. The molecule has 7 nitrogen and oxygen atoms in total. The Morgan fingerprint density at radius 1 is 1.20 bits per heavy atom. The van der Waals surface area contributed by atoms with E-state index in [0.29, 0.717) is 42.2 Å². The zero-order valence-corrected chi connectivity index (χ0v) is 18.2. The molecule has 160 valence electrons. The van der Waals surface area contributed by atoms with Gasteiger partial charge in [0.15, 0.2) is 6.10 Å². The van der Waals surface area contributed by atoms with Crippen molar-refractivity contribution in [2.45, 2.75) is 13.0 Å². The van der Waals surface area contributed by atoms with E-state index in [4.69, 9.17) is 14.2 Å². The van der Waals surface area contributed by atoms with Crippen molar-refractivity contribution in [2.75, 3.05) is 43.6 Å². The number of methoxy groups -OCH3 is 1. The van der Waals surface area contributed by atoms with E-state index in [1.807, 2.05) is 6.07 Å². The number of morpholine rings is 1. The molecule has 1 heterocycles. The van der Waals surface area contributed by atoms with Gasteiger partial charge in [0, 0.05) is 18.8 Å². The monoisotopic (exact) mass is 480 g/mol. The van der Waals surface area contributed by atoms with Gasteiger partial charge in [0.05, 0.1) is 36.0 Å². The average molecular weight is 481 g/mol. The van der Waals surface area contributed by atoms with Crippen LogP contribution in [0.5, 0.6) is 5.75 Å². The molecule has 0 aliphatic carbocycles. The molecule has 3 rings (SSSR count). The first-order valence-corrected chi connectivity index (χ1v) is 10.2. The predicted octanol–water partition coefficient (Wildman–Crippen LogP) is 3.62. The summed E-state index contributed by atoms with van der Waals surface area (Å²) >= 11 is 3.21. The number of benzene rings is 2. The lowest BCUT2D eigenvalue weighted by Gasteiger charge is -2.29. The lowest BCUT2D eigenvalue weighted by molar-refractivity contribution is -0.122. The summed E-state index contributed by atoms with van der Waals surface area (Å²) in [5.74, 6) is -1.12. The van der Waals surface area contributed by atoms with Crippen molar-refractivity contribution >= 4 is 39.2 Å². The molecule has 0 spiro atoms. The van der Waals surface area contributed by atoms with E-state index in [9.17, 15) is 14.0 Å². The maximum atomic E-state index is 13.2. The van der Waals surface area contributed by atoms with Gasteiger partial charge in [-0.2, -0.15) is 0 Å². The number of rotatable bonds is 6. The van der Waals surface area contributed by atoms with Crippen LogP contribution in [0.15, 0.2) is 40.9 Å². The van der Waals surface area contributed by atoms with Crippen LogP contribution in [0.4, 0.5) is 15.8 Å². The van der Waals surface area contributed by atoms with E-state index >= 15 is 0 Å². The predicted molar refractivity (Wildman–Crippen MR) is 114 cm³/mol. The quantitative estimate of drug-likeness (QED) is 0.636. The van der Waals surface area contributed by atoms with Crippen LogP contribution in [-0.2, 0) is 14.3 Å². The van der Waals surface area contributed by atoms with Crippen molar-refractivity contribution in [1.82, 2.24) is 0 Å². The first-order chi connectivity index (χ1) is 14.4. The molecule has 1 aliphatic heterocycles. The summed E-state index contributed by atoms with van der Waals surface area (Å²) in [5.41, 5.74) is 1.40. The summed E-state index contributed by atoms with van der Waals surface area (Å²) in [4.78, 5) is 27.0. The largest absolute Gasteiger partial charge is 0.480 e. The van der Waals surface area contributed by atoms with E-state index in [1.54, 1.807) is 19.1 Å². The van der Waals surface area contributed by atoms with Crippen molar-refractivity contribution in [3.63, 3.8) is 0 Å². The van der Waals surface area contributed by atoms with Crippen molar-refractivity contribution in [3.8, 4) is 5.75 Å². The van der Waals surface area contributed by atoms with Crippen LogP contribution in [0.2, 0.25) is 0 Å². The fraction of sp³-hybridized carbons (Fsp3) is 0.333. The van der Waals surface area contributed by atoms with E-state index in [-0.39, 0.29) is 5.56 Å². The minimum absolute atomic E-state index is 0.241. The molecule has 1 fully saturated rings. The summed E-state index contributed by atoms with van der Waals surface area (Å²) in [6.45, 7) is 4.21. The molecule has 1 saturated heterocycles. The lowest BCUT2D eigenvalue weighted by Crippen LogP contribution is -2.36. The number of hydrogen-bond donors (Lipinski definition) is 1. The fourth-order valence-corrected chi connectivity index (χ4v) is 3.43. The van der Waals surface area contributed by atoms with Crippen LogP contribution in [0, 0.1) is 5.82 Å². The summed E-state index contributed by atoms with van der Waals surface area (Å²) in [6, 6.07) is 9.10. The summed E-state index contributed by atoms with van der Waals surface area (Å²) in [6.07, 6.45) is -0.892. The molecule has 1 unspecified atom stereocenters. The van der Waals surface area contributed by atoms with Gasteiger partial charge in [-0.15, -0.1) is 0 Å². The van der Waals surface area contributed by atoms with Gasteiger partial charge in [0.25, 0.3) is 5.91 Å². The first-order valence-electron chi connectivity index (χ1n) is 9.36. The molecule has 0 aromatic heterocycles. The van der Waals surface area contributed by atoms with Crippen molar-refractivity contribution in [2.24, 2.45) is 0 Å². The molecular weight excluding hydrogens is 459 g/mol. The second-order valence-electron chi connectivity index (χ2n) is 6.64. The summed E-state index contributed by atoms with van der Waals surface area (Å²) < 4.78 is 29.5.